The number of rotatable bonds is 2. The minimum Gasteiger partial charge on any atom is -0.331 e. The Morgan fingerprint density at radius 1 is 1.26 bits per heavy atom. The van der Waals surface area contributed by atoms with Crippen molar-refractivity contribution in [1.82, 2.24) is 4.90 Å². The number of likely N-dealkylation sites (tertiary alicyclic amines) is 1. The quantitative estimate of drug-likeness (QED) is 0.815. The maximum Gasteiger partial charge on any atom is 0.257 e. The predicted molar refractivity (Wildman–Crippen MR) is 73.7 cm³/mol. The zero-order valence-corrected chi connectivity index (χ0v) is 11.2. The number of thiophene rings is 1. The Morgan fingerprint density at radius 3 is 2.84 bits per heavy atom. The van der Waals surface area contributed by atoms with E-state index in [4.69, 9.17) is 0 Å². The minimum absolute atomic E-state index is 0.104. The van der Waals surface area contributed by atoms with Crippen molar-refractivity contribution >= 4 is 17.2 Å². The molecule has 2 heterocycles. The molecule has 1 aromatic heterocycles. The number of amides is 1. The monoisotopic (exact) mass is 275 g/mol. The molecule has 1 aliphatic heterocycles. The molecule has 0 unspecified atom stereocenters. The fraction of sp³-hybridized carbons (Fsp3) is 0.267. The molecule has 0 N–H and O–H groups in total. The van der Waals surface area contributed by atoms with Gasteiger partial charge in [-0.05, 0) is 36.4 Å². The highest BCUT2D eigenvalue weighted by molar-refractivity contribution is 7.10. The fourth-order valence-corrected chi connectivity index (χ4v) is 3.45. The average molecular weight is 275 g/mol. The van der Waals surface area contributed by atoms with Gasteiger partial charge in [-0.25, -0.2) is 4.39 Å². The average Bonchev–Trinajstić information content (AvgIpc) is 3.09. The highest BCUT2D eigenvalue weighted by Crippen LogP contribution is 2.35. The zero-order chi connectivity index (χ0) is 13.2. The van der Waals surface area contributed by atoms with E-state index in [1.54, 1.807) is 34.4 Å². The summed E-state index contributed by atoms with van der Waals surface area (Å²) < 4.78 is 13.7. The molecule has 0 spiro atoms. The second kappa shape index (κ2) is 5.13. The van der Waals surface area contributed by atoms with Crippen LogP contribution in [0.3, 0.4) is 0 Å². The topological polar surface area (TPSA) is 20.3 Å². The number of nitrogens with zero attached hydrogens (tertiary/aromatic N) is 1. The van der Waals surface area contributed by atoms with E-state index in [9.17, 15) is 9.18 Å². The van der Waals surface area contributed by atoms with E-state index in [2.05, 4.69) is 0 Å². The first-order chi connectivity index (χ1) is 9.27. The van der Waals surface area contributed by atoms with Crippen LogP contribution in [0.25, 0.3) is 0 Å². The third-order valence-electron chi connectivity index (χ3n) is 3.49. The van der Waals surface area contributed by atoms with Gasteiger partial charge in [0.1, 0.15) is 5.82 Å². The molecule has 0 saturated carbocycles. The molecule has 0 aliphatic carbocycles. The molecule has 1 saturated heterocycles. The van der Waals surface area contributed by atoms with Crippen LogP contribution in [0.15, 0.2) is 41.8 Å². The van der Waals surface area contributed by atoms with Gasteiger partial charge in [0.05, 0.1) is 11.6 Å². The summed E-state index contributed by atoms with van der Waals surface area (Å²) in [6.45, 7) is 0.704. The molecule has 3 rings (SSSR count). The van der Waals surface area contributed by atoms with Gasteiger partial charge in [-0.2, -0.15) is 0 Å². The van der Waals surface area contributed by atoms with Crippen molar-refractivity contribution in [2.75, 3.05) is 6.54 Å². The van der Waals surface area contributed by atoms with Crippen LogP contribution in [0.1, 0.15) is 34.1 Å². The van der Waals surface area contributed by atoms with Crippen LogP contribution in [0.5, 0.6) is 0 Å². The van der Waals surface area contributed by atoms with Crippen LogP contribution in [0.2, 0.25) is 0 Å². The Balaban J connectivity index is 1.89. The lowest BCUT2D eigenvalue weighted by atomic mass is 10.1. The summed E-state index contributed by atoms with van der Waals surface area (Å²) in [6.07, 6.45) is 1.93. The first-order valence-corrected chi connectivity index (χ1v) is 7.24. The van der Waals surface area contributed by atoms with Crippen LogP contribution in [-0.2, 0) is 0 Å². The zero-order valence-electron chi connectivity index (χ0n) is 10.4. The fourth-order valence-electron chi connectivity index (χ4n) is 2.58. The maximum atomic E-state index is 13.7. The standard InChI is InChI=1S/C15H14FNOS/c16-12-6-2-1-5-11(12)15(18)17-9-3-7-13(17)14-8-4-10-19-14/h1-2,4-6,8,10,13H,3,7,9H2/t13-/m0/s1. The van der Waals surface area contributed by atoms with E-state index >= 15 is 0 Å². The van der Waals surface area contributed by atoms with E-state index in [1.165, 1.54) is 10.9 Å². The molecule has 2 aromatic rings. The largest absolute Gasteiger partial charge is 0.331 e. The van der Waals surface area contributed by atoms with E-state index in [1.807, 2.05) is 17.5 Å². The van der Waals surface area contributed by atoms with Gasteiger partial charge in [0.2, 0.25) is 0 Å². The molecule has 0 radical (unpaired) electrons. The second-order valence-corrected chi connectivity index (χ2v) is 5.63. The third kappa shape index (κ3) is 2.28. The Morgan fingerprint density at radius 2 is 2.11 bits per heavy atom. The molecule has 2 nitrogen and oxygen atoms in total. The van der Waals surface area contributed by atoms with Crippen LogP contribution in [0, 0.1) is 5.82 Å². The minimum atomic E-state index is -0.440. The van der Waals surface area contributed by atoms with Gasteiger partial charge in [0, 0.05) is 11.4 Å². The smallest absolute Gasteiger partial charge is 0.257 e. The van der Waals surface area contributed by atoms with Crippen molar-refractivity contribution in [3.63, 3.8) is 0 Å². The lowest BCUT2D eigenvalue weighted by Gasteiger charge is -2.24. The molecular weight excluding hydrogens is 261 g/mol. The number of benzene rings is 1. The Kier molecular flexibility index (Phi) is 3.34. The number of carbonyl (C=O) groups is 1. The molecule has 1 fully saturated rings. The normalized spacial score (nSPS) is 18.8. The molecule has 1 amide bonds. The van der Waals surface area contributed by atoms with E-state index in [0.717, 1.165) is 12.8 Å². The molecule has 98 valence electrons. The van der Waals surface area contributed by atoms with Crippen molar-refractivity contribution in [2.45, 2.75) is 18.9 Å². The van der Waals surface area contributed by atoms with E-state index in [-0.39, 0.29) is 17.5 Å². The highest BCUT2D eigenvalue weighted by Gasteiger charge is 2.32. The van der Waals surface area contributed by atoms with Crippen molar-refractivity contribution in [3.05, 3.63) is 58.0 Å². The van der Waals surface area contributed by atoms with Crippen molar-refractivity contribution in [1.29, 1.82) is 0 Å². The molecule has 1 atom stereocenters. The second-order valence-electron chi connectivity index (χ2n) is 4.65. The van der Waals surface area contributed by atoms with Gasteiger partial charge in [-0.15, -0.1) is 11.3 Å². The molecule has 19 heavy (non-hydrogen) atoms. The van der Waals surface area contributed by atoms with Gasteiger partial charge in [-0.3, -0.25) is 4.79 Å². The van der Waals surface area contributed by atoms with E-state index < -0.39 is 5.82 Å². The lowest BCUT2D eigenvalue weighted by molar-refractivity contribution is 0.0733. The Hall–Kier alpha value is -1.68. The number of halogens is 1. The number of hydrogen-bond donors (Lipinski definition) is 0. The number of hydrogen-bond acceptors (Lipinski definition) is 2. The van der Waals surface area contributed by atoms with Gasteiger partial charge in [0.15, 0.2) is 0 Å². The molecule has 4 heteroatoms. The summed E-state index contributed by atoms with van der Waals surface area (Å²) in [5.41, 5.74) is 0.172. The van der Waals surface area contributed by atoms with Crippen LogP contribution >= 0.6 is 11.3 Å². The van der Waals surface area contributed by atoms with Gasteiger partial charge < -0.3 is 4.90 Å². The Bertz CT molecular complexity index is 582. The summed E-state index contributed by atoms with van der Waals surface area (Å²) in [4.78, 5) is 15.4. The lowest BCUT2D eigenvalue weighted by Crippen LogP contribution is -2.30. The summed E-state index contributed by atoms with van der Waals surface area (Å²) >= 11 is 1.65. The van der Waals surface area contributed by atoms with Crippen molar-refractivity contribution < 1.29 is 9.18 Å². The first kappa shape index (κ1) is 12.4. The predicted octanol–water partition coefficient (Wildman–Crippen LogP) is 3.86. The molecular formula is C15H14FNOS. The van der Waals surface area contributed by atoms with Crippen LogP contribution < -0.4 is 0 Å². The summed E-state index contributed by atoms with van der Waals surface area (Å²) in [7, 11) is 0. The SMILES string of the molecule is O=C(c1ccccc1F)N1CCC[C@H]1c1cccs1. The summed E-state index contributed by atoms with van der Waals surface area (Å²) in [6, 6.07) is 10.3. The molecule has 1 aromatic carbocycles. The van der Waals surface area contributed by atoms with Crippen molar-refractivity contribution in [2.24, 2.45) is 0 Å². The third-order valence-corrected chi connectivity index (χ3v) is 4.46. The van der Waals surface area contributed by atoms with Crippen molar-refractivity contribution in [3.8, 4) is 0 Å². The summed E-state index contributed by atoms with van der Waals surface area (Å²) in [5, 5.41) is 2.01. The maximum absolute atomic E-state index is 13.7. The van der Waals surface area contributed by atoms with Gasteiger partial charge in [0.25, 0.3) is 5.91 Å². The van der Waals surface area contributed by atoms with E-state index in [0.29, 0.717) is 6.54 Å². The van der Waals surface area contributed by atoms with Gasteiger partial charge >= 0.3 is 0 Å². The Labute approximate surface area is 115 Å². The number of carbonyl (C=O) groups excluding carboxylic acids is 1. The van der Waals surface area contributed by atoms with Gasteiger partial charge in [-0.1, -0.05) is 18.2 Å². The van der Waals surface area contributed by atoms with Crippen LogP contribution in [0.4, 0.5) is 4.39 Å². The first-order valence-electron chi connectivity index (χ1n) is 6.36. The van der Waals surface area contributed by atoms with Crippen LogP contribution in [-0.4, -0.2) is 17.4 Å². The molecule has 1 aliphatic rings. The molecule has 0 bridgehead atoms. The summed E-state index contributed by atoms with van der Waals surface area (Å²) in [5.74, 6) is -0.640. The highest BCUT2D eigenvalue weighted by atomic mass is 32.1.